The zero-order chi connectivity index (χ0) is 14.4. The average Bonchev–Trinajstić information content (AvgIpc) is 2.86. The molecule has 0 saturated carbocycles. The zero-order valence-corrected chi connectivity index (χ0v) is 12.7. The van der Waals surface area contributed by atoms with Crippen molar-refractivity contribution in [3.63, 3.8) is 0 Å². The van der Waals surface area contributed by atoms with Crippen LogP contribution in [0.1, 0.15) is 12.1 Å². The van der Waals surface area contributed by atoms with Crippen molar-refractivity contribution in [2.45, 2.75) is 23.8 Å². The number of halogens is 1. The molecule has 0 spiro atoms. The lowest BCUT2D eigenvalue weighted by molar-refractivity contribution is 0.555. The van der Waals surface area contributed by atoms with Crippen LogP contribution in [0.3, 0.4) is 0 Å². The topological polar surface area (TPSA) is 29.9 Å². The van der Waals surface area contributed by atoms with Gasteiger partial charge in [-0.15, -0.1) is 11.8 Å². The molecule has 2 aromatic rings. The quantitative estimate of drug-likeness (QED) is 0.796. The second-order valence-electron chi connectivity index (χ2n) is 4.71. The standard InChI is InChI=1S/C15H20FN3S/c1-17-12(7-8-13-9-10-18-19(13)2)11-20-15-6-4-3-5-14(15)16/h3-6,9-10,12,17H,7-8,11H2,1-2H3. The van der Waals surface area contributed by atoms with Gasteiger partial charge in [0.15, 0.2) is 0 Å². The second-order valence-corrected chi connectivity index (χ2v) is 5.77. The van der Waals surface area contributed by atoms with E-state index in [9.17, 15) is 4.39 Å². The molecule has 0 saturated heterocycles. The van der Waals surface area contributed by atoms with Crippen LogP contribution in [-0.2, 0) is 13.5 Å². The van der Waals surface area contributed by atoms with Crippen LogP contribution in [0.5, 0.6) is 0 Å². The van der Waals surface area contributed by atoms with Gasteiger partial charge in [0.25, 0.3) is 0 Å². The summed E-state index contributed by atoms with van der Waals surface area (Å²) in [7, 11) is 3.91. The van der Waals surface area contributed by atoms with Gasteiger partial charge >= 0.3 is 0 Å². The van der Waals surface area contributed by atoms with Gasteiger partial charge in [0.1, 0.15) is 5.82 Å². The number of hydrogen-bond acceptors (Lipinski definition) is 3. The normalized spacial score (nSPS) is 12.6. The van der Waals surface area contributed by atoms with Gasteiger partial charge in [0.05, 0.1) is 0 Å². The minimum atomic E-state index is -0.140. The first-order chi connectivity index (χ1) is 9.70. The Balaban J connectivity index is 1.84. The third-order valence-electron chi connectivity index (χ3n) is 3.36. The van der Waals surface area contributed by atoms with Gasteiger partial charge in [0, 0.05) is 35.6 Å². The van der Waals surface area contributed by atoms with E-state index in [1.54, 1.807) is 17.8 Å². The monoisotopic (exact) mass is 293 g/mol. The fraction of sp³-hybridized carbons (Fsp3) is 0.400. The van der Waals surface area contributed by atoms with Crippen LogP contribution in [0, 0.1) is 5.82 Å². The number of nitrogens with one attached hydrogen (secondary N) is 1. The van der Waals surface area contributed by atoms with Crippen molar-refractivity contribution in [2.24, 2.45) is 7.05 Å². The molecule has 3 nitrogen and oxygen atoms in total. The Kier molecular flexibility index (Phi) is 5.61. The summed E-state index contributed by atoms with van der Waals surface area (Å²) in [5, 5.41) is 7.47. The molecule has 0 radical (unpaired) electrons. The van der Waals surface area contributed by atoms with E-state index in [0.29, 0.717) is 10.9 Å². The Morgan fingerprint density at radius 1 is 1.35 bits per heavy atom. The predicted molar refractivity (Wildman–Crippen MR) is 81.5 cm³/mol. The molecular weight excluding hydrogens is 273 g/mol. The van der Waals surface area contributed by atoms with E-state index in [0.717, 1.165) is 18.6 Å². The maximum Gasteiger partial charge on any atom is 0.136 e. The number of hydrogen-bond donors (Lipinski definition) is 1. The van der Waals surface area contributed by atoms with E-state index in [2.05, 4.69) is 10.4 Å². The fourth-order valence-electron chi connectivity index (χ4n) is 2.03. The van der Waals surface area contributed by atoms with Crippen molar-refractivity contribution in [2.75, 3.05) is 12.8 Å². The highest BCUT2D eigenvalue weighted by Crippen LogP contribution is 2.22. The molecule has 1 heterocycles. The van der Waals surface area contributed by atoms with Crippen LogP contribution < -0.4 is 5.32 Å². The summed E-state index contributed by atoms with van der Waals surface area (Å²) in [6, 6.07) is 9.32. The first-order valence-corrected chi connectivity index (χ1v) is 7.70. The van der Waals surface area contributed by atoms with E-state index in [1.807, 2.05) is 43.2 Å². The molecule has 2 rings (SSSR count). The van der Waals surface area contributed by atoms with Gasteiger partial charge in [-0.25, -0.2) is 4.39 Å². The molecule has 1 aromatic carbocycles. The summed E-state index contributed by atoms with van der Waals surface area (Å²) in [5.74, 6) is 0.717. The van der Waals surface area contributed by atoms with Gasteiger partial charge < -0.3 is 5.32 Å². The van der Waals surface area contributed by atoms with E-state index in [-0.39, 0.29) is 5.82 Å². The predicted octanol–water partition coefficient (Wildman–Crippen LogP) is 2.87. The van der Waals surface area contributed by atoms with Crippen molar-refractivity contribution in [1.82, 2.24) is 15.1 Å². The minimum absolute atomic E-state index is 0.140. The van der Waals surface area contributed by atoms with Crippen LogP contribution in [0.15, 0.2) is 41.4 Å². The first-order valence-electron chi connectivity index (χ1n) is 6.72. The van der Waals surface area contributed by atoms with Crippen molar-refractivity contribution in [3.8, 4) is 0 Å². The fourth-order valence-corrected chi connectivity index (χ4v) is 3.13. The van der Waals surface area contributed by atoms with E-state index in [1.165, 1.54) is 11.8 Å². The van der Waals surface area contributed by atoms with Crippen LogP contribution >= 0.6 is 11.8 Å². The lowest BCUT2D eigenvalue weighted by atomic mass is 10.1. The summed E-state index contributed by atoms with van der Waals surface area (Å²) in [5.41, 5.74) is 1.22. The molecule has 1 unspecified atom stereocenters. The lowest BCUT2D eigenvalue weighted by Crippen LogP contribution is -2.28. The number of thioether (sulfide) groups is 1. The van der Waals surface area contributed by atoms with Gasteiger partial charge in [0.2, 0.25) is 0 Å². The molecule has 0 fully saturated rings. The number of benzene rings is 1. The molecule has 0 aliphatic heterocycles. The molecule has 0 bridgehead atoms. The summed E-state index contributed by atoms with van der Waals surface area (Å²) in [6.07, 6.45) is 3.80. The molecular formula is C15H20FN3S. The average molecular weight is 293 g/mol. The minimum Gasteiger partial charge on any atom is -0.316 e. The molecule has 0 aliphatic carbocycles. The van der Waals surface area contributed by atoms with Crippen LogP contribution in [-0.4, -0.2) is 28.6 Å². The molecule has 108 valence electrons. The highest BCUT2D eigenvalue weighted by molar-refractivity contribution is 7.99. The highest BCUT2D eigenvalue weighted by atomic mass is 32.2. The number of nitrogens with zero attached hydrogens (tertiary/aromatic N) is 2. The van der Waals surface area contributed by atoms with Gasteiger partial charge in [-0.1, -0.05) is 12.1 Å². The van der Waals surface area contributed by atoms with Crippen LogP contribution in [0.2, 0.25) is 0 Å². The molecule has 0 amide bonds. The van der Waals surface area contributed by atoms with Crippen molar-refractivity contribution in [3.05, 3.63) is 48.0 Å². The number of aryl methyl sites for hydroxylation is 2. The van der Waals surface area contributed by atoms with Crippen LogP contribution in [0.4, 0.5) is 4.39 Å². The van der Waals surface area contributed by atoms with Gasteiger partial charge in [-0.05, 0) is 38.1 Å². The molecule has 1 N–H and O–H groups in total. The molecule has 1 aromatic heterocycles. The zero-order valence-electron chi connectivity index (χ0n) is 11.8. The Morgan fingerprint density at radius 3 is 2.80 bits per heavy atom. The Bertz CT molecular complexity index is 541. The highest BCUT2D eigenvalue weighted by Gasteiger charge is 2.10. The molecule has 20 heavy (non-hydrogen) atoms. The van der Waals surface area contributed by atoms with E-state index >= 15 is 0 Å². The smallest absolute Gasteiger partial charge is 0.136 e. The molecule has 0 aliphatic rings. The Labute approximate surface area is 123 Å². The Morgan fingerprint density at radius 2 is 2.15 bits per heavy atom. The Hall–Kier alpha value is -1.33. The SMILES string of the molecule is CNC(CCc1ccnn1C)CSc1ccccc1F. The maximum atomic E-state index is 13.6. The van der Waals surface area contributed by atoms with Gasteiger partial charge in [-0.3, -0.25) is 4.68 Å². The summed E-state index contributed by atoms with van der Waals surface area (Å²) < 4.78 is 15.5. The maximum absolute atomic E-state index is 13.6. The number of rotatable bonds is 7. The molecule has 5 heteroatoms. The van der Waals surface area contributed by atoms with E-state index < -0.39 is 0 Å². The van der Waals surface area contributed by atoms with Gasteiger partial charge in [-0.2, -0.15) is 5.10 Å². The van der Waals surface area contributed by atoms with Crippen LogP contribution in [0.25, 0.3) is 0 Å². The summed E-state index contributed by atoms with van der Waals surface area (Å²) in [4.78, 5) is 0.716. The third kappa shape index (κ3) is 4.08. The van der Waals surface area contributed by atoms with E-state index in [4.69, 9.17) is 0 Å². The second kappa shape index (κ2) is 7.45. The lowest BCUT2D eigenvalue weighted by Gasteiger charge is -2.16. The van der Waals surface area contributed by atoms with Crippen molar-refractivity contribution < 1.29 is 4.39 Å². The van der Waals surface area contributed by atoms with Crippen molar-refractivity contribution in [1.29, 1.82) is 0 Å². The molecule has 1 atom stereocenters. The largest absolute Gasteiger partial charge is 0.316 e. The first kappa shape index (κ1) is 15.1. The van der Waals surface area contributed by atoms with Crippen molar-refractivity contribution >= 4 is 11.8 Å². The summed E-state index contributed by atoms with van der Waals surface area (Å²) in [6.45, 7) is 0. The third-order valence-corrected chi connectivity index (χ3v) is 4.57. The number of aromatic nitrogens is 2. The summed E-state index contributed by atoms with van der Waals surface area (Å²) >= 11 is 1.56.